The number of fused-ring (bicyclic) bond motifs is 2. The number of carboxylic acids is 1. The van der Waals surface area contributed by atoms with Crippen LogP contribution < -0.4 is 15.8 Å². The molecule has 0 bridgehead atoms. The quantitative estimate of drug-likeness (QED) is 0.584. The molecule has 1 amide bonds. The molecular formula is C16H13N3O5. The molecule has 0 fully saturated rings. The van der Waals surface area contributed by atoms with Crippen molar-refractivity contribution < 1.29 is 24.0 Å². The summed E-state index contributed by atoms with van der Waals surface area (Å²) in [6.07, 6.45) is 0. The number of carbonyl (C=O) groups excluding carboxylic acids is 1. The van der Waals surface area contributed by atoms with Crippen molar-refractivity contribution in [3.8, 4) is 5.75 Å². The van der Waals surface area contributed by atoms with Crippen LogP contribution in [0.3, 0.4) is 0 Å². The van der Waals surface area contributed by atoms with Gasteiger partial charge in [-0.2, -0.15) is 0 Å². The number of amides is 1. The minimum absolute atomic E-state index is 0.0365. The van der Waals surface area contributed by atoms with Gasteiger partial charge < -0.3 is 25.4 Å². The first-order valence-corrected chi connectivity index (χ1v) is 6.94. The molecule has 1 aliphatic rings. The summed E-state index contributed by atoms with van der Waals surface area (Å²) in [6, 6.07) is 12.0. The van der Waals surface area contributed by atoms with E-state index in [0.29, 0.717) is 28.1 Å². The van der Waals surface area contributed by atoms with E-state index < -0.39 is 5.97 Å². The number of para-hydroxylation sites is 1. The summed E-state index contributed by atoms with van der Waals surface area (Å²) in [6.45, 7) is 0.0803. The fraction of sp³-hybridized carbons (Fsp3) is 0.0625. The van der Waals surface area contributed by atoms with Gasteiger partial charge in [-0.3, -0.25) is 4.79 Å². The van der Waals surface area contributed by atoms with E-state index >= 15 is 0 Å². The molecule has 1 aliphatic heterocycles. The SMILES string of the molecule is Nc1ccc2c(c1)NC(=O)CO2.O=C(O)c1noc2ccccc12. The summed E-state index contributed by atoms with van der Waals surface area (Å²) in [5.74, 6) is -0.545. The van der Waals surface area contributed by atoms with E-state index in [0.717, 1.165) is 0 Å². The topological polar surface area (TPSA) is 128 Å². The lowest BCUT2D eigenvalue weighted by Crippen LogP contribution is -2.25. The number of benzene rings is 2. The van der Waals surface area contributed by atoms with E-state index in [1.807, 2.05) is 0 Å². The fourth-order valence-electron chi connectivity index (χ4n) is 2.14. The first-order valence-electron chi connectivity index (χ1n) is 6.94. The maximum atomic E-state index is 10.9. The van der Waals surface area contributed by atoms with Crippen molar-refractivity contribution >= 4 is 34.2 Å². The summed E-state index contributed by atoms with van der Waals surface area (Å²) in [4.78, 5) is 21.4. The van der Waals surface area contributed by atoms with Gasteiger partial charge in [-0.25, -0.2) is 4.79 Å². The second kappa shape index (κ2) is 6.29. The van der Waals surface area contributed by atoms with Crippen molar-refractivity contribution in [2.75, 3.05) is 17.7 Å². The Bertz CT molecular complexity index is 919. The van der Waals surface area contributed by atoms with E-state index in [9.17, 15) is 9.59 Å². The molecule has 0 saturated heterocycles. The second-order valence-corrected chi connectivity index (χ2v) is 4.92. The second-order valence-electron chi connectivity index (χ2n) is 4.92. The molecule has 122 valence electrons. The monoisotopic (exact) mass is 327 g/mol. The molecule has 24 heavy (non-hydrogen) atoms. The first kappa shape index (κ1) is 15.3. The Morgan fingerprint density at radius 2 is 2.04 bits per heavy atom. The van der Waals surface area contributed by atoms with Crippen LogP contribution in [0.1, 0.15) is 10.5 Å². The van der Waals surface area contributed by atoms with Crippen molar-refractivity contribution in [2.45, 2.75) is 0 Å². The summed E-state index contributed by atoms with van der Waals surface area (Å²) < 4.78 is 9.90. The van der Waals surface area contributed by atoms with Gasteiger partial charge in [0.1, 0.15) is 5.75 Å². The van der Waals surface area contributed by atoms with Crippen LogP contribution in [0.2, 0.25) is 0 Å². The van der Waals surface area contributed by atoms with Crippen LogP contribution in [0.5, 0.6) is 5.75 Å². The van der Waals surface area contributed by atoms with Gasteiger partial charge >= 0.3 is 5.97 Å². The maximum absolute atomic E-state index is 10.9. The highest BCUT2D eigenvalue weighted by Gasteiger charge is 2.15. The number of ether oxygens (including phenoxy) is 1. The lowest BCUT2D eigenvalue weighted by Gasteiger charge is -2.17. The Labute approximate surface area is 135 Å². The number of nitrogens with zero attached hydrogens (tertiary/aromatic N) is 1. The minimum Gasteiger partial charge on any atom is -0.482 e. The third-order valence-electron chi connectivity index (χ3n) is 3.22. The average Bonchev–Trinajstić information content (AvgIpc) is 2.99. The standard InChI is InChI=1S/C8H8N2O2.C8H5NO3/c9-5-1-2-7-6(3-5)10-8(11)4-12-7;10-8(11)7-5-3-1-2-4-6(5)12-9-7/h1-3H,4,9H2,(H,10,11);1-4H,(H,10,11). The number of aromatic nitrogens is 1. The number of hydrogen-bond acceptors (Lipinski definition) is 6. The molecule has 4 rings (SSSR count). The molecule has 0 atom stereocenters. The molecule has 3 aromatic rings. The van der Waals surface area contributed by atoms with Crippen LogP contribution in [0.4, 0.5) is 11.4 Å². The first-order chi connectivity index (χ1) is 11.5. The minimum atomic E-state index is -1.07. The maximum Gasteiger partial charge on any atom is 0.358 e. The Morgan fingerprint density at radius 3 is 2.83 bits per heavy atom. The molecule has 8 heteroatoms. The number of hydrogen-bond donors (Lipinski definition) is 3. The van der Waals surface area contributed by atoms with Crippen molar-refractivity contribution in [1.29, 1.82) is 0 Å². The third-order valence-corrected chi connectivity index (χ3v) is 3.22. The molecule has 0 aliphatic carbocycles. The number of aromatic carboxylic acids is 1. The average molecular weight is 327 g/mol. The lowest BCUT2D eigenvalue weighted by molar-refractivity contribution is -0.118. The smallest absolute Gasteiger partial charge is 0.358 e. The van der Waals surface area contributed by atoms with Gasteiger partial charge in [-0.05, 0) is 30.3 Å². The van der Waals surface area contributed by atoms with E-state index in [1.54, 1.807) is 42.5 Å². The van der Waals surface area contributed by atoms with Gasteiger partial charge in [0.05, 0.1) is 11.1 Å². The molecule has 2 heterocycles. The number of nitrogens with two attached hydrogens (primary N) is 1. The van der Waals surface area contributed by atoms with Crippen molar-refractivity contribution in [1.82, 2.24) is 5.16 Å². The van der Waals surface area contributed by atoms with Crippen LogP contribution in [0, 0.1) is 0 Å². The van der Waals surface area contributed by atoms with Crippen LogP contribution in [0.15, 0.2) is 47.0 Å². The number of carbonyl (C=O) groups is 2. The molecule has 2 aromatic carbocycles. The number of carboxylic acid groups (broad SMARTS) is 1. The highest BCUT2D eigenvalue weighted by Crippen LogP contribution is 2.28. The molecule has 0 radical (unpaired) electrons. The predicted molar refractivity (Wildman–Crippen MR) is 85.9 cm³/mol. The zero-order valence-corrected chi connectivity index (χ0v) is 12.4. The summed E-state index contributed by atoms with van der Waals surface area (Å²) in [5.41, 5.74) is 7.23. The van der Waals surface area contributed by atoms with Crippen LogP contribution in [-0.4, -0.2) is 28.7 Å². The van der Waals surface area contributed by atoms with Crippen molar-refractivity contribution in [2.24, 2.45) is 0 Å². The number of rotatable bonds is 1. The third kappa shape index (κ3) is 3.12. The Morgan fingerprint density at radius 1 is 1.25 bits per heavy atom. The summed E-state index contributed by atoms with van der Waals surface area (Å²) in [7, 11) is 0. The molecule has 1 aromatic heterocycles. The summed E-state index contributed by atoms with van der Waals surface area (Å²) in [5, 5.41) is 15.3. The van der Waals surface area contributed by atoms with E-state index in [1.165, 1.54) is 0 Å². The zero-order valence-electron chi connectivity index (χ0n) is 12.4. The van der Waals surface area contributed by atoms with Gasteiger partial charge in [-0.15, -0.1) is 0 Å². The number of anilines is 2. The molecule has 8 nitrogen and oxygen atoms in total. The Kier molecular flexibility index (Phi) is 4.02. The summed E-state index contributed by atoms with van der Waals surface area (Å²) >= 11 is 0. The van der Waals surface area contributed by atoms with Crippen LogP contribution in [0.25, 0.3) is 11.0 Å². The fourth-order valence-corrected chi connectivity index (χ4v) is 2.14. The largest absolute Gasteiger partial charge is 0.482 e. The van der Waals surface area contributed by atoms with Gasteiger partial charge in [0.2, 0.25) is 0 Å². The lowest BCUT2D eigenvalue weighted by atomic mass is 10.2. The number of nitrogen functional groups attached to an aromatic ring is 1. The molecule has 0 unspecified atom stereocenters. The molecule has 0 spiro atoms. The van der Waals surface area contributed by atoms with Gasteiger partial charge in [0, 0.05) is 5.69 Å². The Hall–Kier alpha value is -3.55. The predicted octanol–water partition coefficient (Wildman–Crippen LogP) is 2.13. The van der Waals surface area contributed by atoms with Crippen molar-refractivity contribution in [3.63, 3.8) is 0 Å². The normalized spacial score (nSPS) is 12.4. The van der Waals surface area contributed by atoms with E-state index in [4.69, 9.17) is 20.1 Å². The van der Waals surface area contributed by atoms with E-state index in [-0.39, 0.29) is 18.2 Å². The zero-order chi connectivity index (χ0) is 17.1. The molecule has 4 N–H and O–H groups in total. The van der Waals surface area contributed by atoms with Gasteiger partial charge in [-0.1, -0.05) is 17.3 Å². The van der Waals surface area contributed by atoms with Crippen molar-refractivity contribution in [3.05, 3.63) is 48.2 Å². The van der Waals surface area contributed by atoms with E-state index in [2.05, 4.69) is 10.5 Å². The van der Waals surface area contributed by atoms with Crippen LogP contribution in [-0.2, 0) is 4.79 Å². The van der Waals surface area contributed by atoms with Gasteiger partial charge in [0.15, 0.2) is 17.9 Å². The highest BCUT2D eigenvalue weighted by atomic mass is 16.5. The number of nitrogens with one attached hydrogen (secondary N) is 1. The highest BCUT2D eigenvalue weighted by molar-refractivity contribution is 6.00. The molecule has 0 saturated carbocycles. The van der Waals surface area contributed by atoms with Gasteiger partial charge in [0.25, 0.3) is 5.91 Å². The molecular weight excluding hydrogens is 314 g/mol. The van der Waals surface area contributed by atoms with Crippen LogP contribution >= 0.6 is 0 Å². The Balaban J connectivity index is 0.000000141.